The van der Waals surface area contributed by atoms with Crippen LogP contribution < -0.4 is 0 Å². The van der Waals surface area contributed by atoms with Gasteiger partial charge in [0.1, 0.15) is 17.2 Å². The Labute approximate surface area is 90.9 Å². The van der Waals surface area contributed by atoms with Crippen LogP contribution in [0.15, 0.2) is 22.6 Å². The number of rotatable bonds is 2. The van der Waals surface area contributed by atoms with Crippen molar-refractivity contribution in [3.63, 3.8) is 0 Å². The van der Waals surface area contributed by atoms with Gasteiger partial charge in [-0.3, -0.25) is 4.79 Å². The standard InChI is InChI=1S/C12H10F2O2/c1-6(2)12(15)11-5-8-9(14)3-7(13)4-10(8)16-11/h3-6H,1-2H3. The summed E-state index contributed by atoms with van der Waals surface area (Å²) in [6.07, 6.45) is 0. The lowest BCUT2D eigenvalue weighted by Gasteiger charge is -1.97. The van der Waals surface area contributed by atoms with E-state index < -0.39 is 11.6 Å². The summed E-state index contributed by atoms with van der Waals surface area (Å²) >= 11 is 0. The van der Waals surface area contributed by atoms with Crippen molar-refractivity contribution in [2.75, 3.05) is 0 Å². The van der Waals surface area contributed by atoms with Crippen LogP contribution in [-0.4, -0.2) is 5.78 Å². The first-order chi connectivity index (χ1) is 7.49. The highest BCUT2D eigenvalue weighted by Gasteiger charge is 2.17. The maximum absolute atomic E-state index is 13.3. The molecule has 0 bridgehead atoms. The number of fused-ring (bicyclic) bond motifs is 1. The van der Waals surface area contributed by atoms with Gasteiger partial charge in [0, 0.05) is 18.1 Å². The molecule has 2 aromatic rings. The Balaban J connectivity index is 2.60. The highest BCUT2D eigenvalue weighted by molar-refractivity contribution is 5.98. The van der Waals surface area contributed by atoms with Crippen LogP contribution in [0.5, 0.6) is 0 Å². The largest absolute Gasteiger partial charge is 0.453 e. The van der Waals surface area contributed by atoms with Crippen LogP contribution in [0.2, 0.25) is 0 Å². The Morgan fingerprint density at radius 3 is 2.56 bits per heavy atom. The van der Waals surface area contributed by atoms with Crippen molar-refractivity contribution >= 4 is 16.8 Å². The Hall–Kier alpha value is -1.71. The maximum atomic E-state index is 13.3. The van der Waals surface area contributed by atoms with E-state index in [2.05, 4.69) is 0 Å². The first-order valence-electron chi connectivity index (χ1n) is 4.92. The summed E-state index contributed by atoms with van der Waals surface area (Å²) in [6, 6.07) is 3.14. The molecule has 0 atom stereocenters. The molecular formula is C12H10F2O2. The molecule has 0 aliphatic carbocycles. The number of ketones is 1. The average Bonchev–Trinajstić information content (AvgIpc) is 2.60. The minimum atomic E-state index is -0.721. The summed E-state index contributed by atoms with van der Waals surface area (Å²) in [4.78, 5) is 11.6. The molecule has 4 heteroatoms. The second-order valence-electron chi connectivity index (χ2n) is 3.93. The van der Waals surface area contributed by atoms with Gasteiger partial charge in [0.15, 0.2) is 5.76 Å². The van der Waals surface area contributed by atoms with Gasteiger partial charge in [-0.25, -0.2) is 8.78 Å². The number of halogens is 2. The van der Waals surface area contributed by atoms with Gasteiger partial charge in [-0.15, -0.1) is 0 Å². The van der Waals surface area contributed by atoms with Crippen molar-refractivity contribution in [1.29, 1.82) is 0 Å². The third-order valence-electron chi connectivity index (χ3n) is 2.32. The van der Waals surface area contributed by atoms with Crippen LogP contribution in [0, 0.1) is 17.6 Å². The van der Waals surface area contributed by atoms with Crippen LogP contribution in [-0.2, 0) is 0 Å². The third-order valence-corrected chi connectivity index (χ3v) is 2.32. The normalized spacial score (nSPS) is 11.3. The fraction of sp³-hybridized carbons (Fsp3) is 0.250. The van der Waals surface area contributed by atoms with E-state index in [0.29, 0.717) is 0 Å². The fourth-order valence-corrected chi connectivity index (χ4v) is 1.47. The van der Waals surface area contributed by atoms with E-state index in [0.717, 1.165) is 12.1 Å². The van der Waals surface area contributed by atoms with Crippen LogP contribution in [0.1, 0.15) is 24.4 Å². The van der Waals surface area contributed by atoms with E-state index >= 15 is 0 Å². The first-order valence-corrected chi connectivity index (χ1v) is 4.92. The van der Waals surface area contributed by atoms with E-state index in [1.165, 1.54) is 6.07 Å². The van der Waals surface area contributed by atoms with Gasteiger partial charge in [-0.2, -0.15) is 0 Å². The summed E-state index contributed by atoms with van der Waals surface area (Å²) in [5, 5.41) is 0.130. The average molecular weight is 224 g/mol. The molecule has 0 N–H and O–H groups in total. The molecule has 0 aliphatic rings. The second kappa shape index (κ2) is 3.70. The van der Waals surface area contributed by atoms with E-state index in [-0.39, 0.29) is 28.4 Å². The van der Waals surface area contributed by atoms with Gasteiger partial charge in [-0.1, -0.05) is 13.8 Å². The molecule has 0 saturated carbocycles. The summed E-state index contributed by atoms with van der Waals surface area (Å²) in [5.41, 5.74) is 0.0569. The zero-order valence-corrected chi connectivity index (χ0v) is 8.88. The highest BCUT2D eigenvalue weighted by atomic mass is 19.1. The van der Waals surface area contributed by atoms with E-state index in [1.807, 2.05) is 0 Å². The number of Topliss-reactive ketones (excluding diaryl/α,β-unsaturated/α-hetero) is 1. The third kappa shape index (κ3) is 1.71. The summed E-state index contributed by atoms with van der Waals surface area (Å²) in [7, 11) is 0. The molecule has 1 heterocycles. The summed E-state index contributed by atoms with van der Waals surface area (Å²) in [6.45, 7) is 3.43. The van der Waals surface area contributed by atoms with Crippen LogP contribution in [0.25, 0.3) is 11.0 Å². The lowest BCUT2D eigenvalue weighted by molar-refractivity contribution is 0.0913. The van der Waals surface area contributed by atoms with Gasteiger partial charge >= 0.3 is 0 Å². The number of hydrogen-bond donors (Lipinski definition) is 0. The smallest absolute Gasteiger partial charge is 0.200 e. The Morgan fingerprint density at radius 2 is 1.94 bits per heavy atom. The quantitative estimate of drug-likeness (QED) is 0.730. The molecule has 0 spiro atoms. The molecule has 2 rings (SSSR count). The van der Waals surface area contributed by atoms with Crippen molar-refractivity contribution in [2.45, 2.75) is 13.8 Å². The van der Waals surface area contributed by atoms with Crippen molar-refractivity contribution in [3.05, 3.63) is 35.6 Å². The molecule has 0 unspecified atom stereocenters. The van der Waals surface area contributed by atoms with Gasteiger partial charge in [0.05, 0.1) is 5.39 Å². The molecular weight excluding hydrogens is 214 g/mol. The zero-order chi connectivity index (χ0) is 11.9. The Morgan fingerprint density at radius 1 is 1.25 bits per heavy atom. The van der Waals surface area contributed by atoms with Gasteiger partial charge in [0.2, 0.25) is 5.78 Å². The van der Waals surface area contributed by atoms with E-state index in [4.69, 9.17) is 4.42 Å². The van der Waals surface area contributed by atoms with Crippen LogP contribution in [0.3, 0.4) is 0 Å². The summed E-state index contributed by atoms with van der Waals surface area (Å²) < 4.78 is 31.3. The number of carbonyl (C=O) groups excluding carboxylic acids is 1. The molecule has 0 fully saturated rings. The topological polar surface area (TPSA) is 30.2 Å². The monoisotopic (exact) mass is 224 g/mol. The van der Waals surface area contributed by atoms with Crippen molar-refractivity contribution in [2.24, 2.45) is 5.92 Å². The molecule has 0 saturated heterocycles. The molecule has 1 aromatic heterocycles. The van der Waals surface area contributed by atoms with E-state index in [9.17, 15) is 13.6 Å². The Bertz CT molecular complexity index is 555. The first kappa shape index (κ1) is 10.8. The molecule has 2 nitrogen and oxygen atoms in total. The number of furan rings is 1. The number of hydrogen-bond acceptors (Lipinski definition) is 2. The Kier molecular flexibility index (Phi) is 2.50. The fourth-order valence-electron chi connectivity index (χ4n) is 1.47. The minimum Gasteiger partial charge on any atom is -0.453 e. The highest BCUT2D eigenvalue weighted by Crippen LogP contribution is 2.25. The van der Waals surface area contributed by atoms with Gasteiger partial charge in [-0.05, 0) is 6.07 Å². The molecule has 0 amide bonds. The number of carbonyl (C=O) groups is 1. The van der Waals surface area contributed by atoms with E-state index in [1.54, 1.807) is 13.8 Å². The molecule has 0 aliphatic heterocycles. The van der Waals surface area contributed by atoms with Gasteiger partial charge < -0.3 is 4.42 Å². The van der Waals surface area contributed by atoms with Crippen LogP contribution in [0.4, 0.5) is 8.78 Å². The van der Waals surface area contributed by atoms with Crippen LogP contribution >= 0.6 is 0 Å². The molecule has 84 valence electrons. The van der Waals surface area contributed by atoms with Crippen molar-refractivity contribution < 1.29 is 18.0 Å². The predicted octanol–water partition coefficient (Wildman–Crippen LogP) is 3.55. The van der Waals surface area contributed by atoms with Crippen molar-refractivity contribution in [1.82, 2.24) is 0 Å². The van der Waals surface area contributed by atoms with Crippen molar-refractivity contribution in [3.8, 4) is 0 Å². The molecule has 1 aromatic carbocycles. The minimum absolute atomic E-state index is 0.0569. The predicted molar refractivity (Wildman–Crippen MR) is 55.3 cm³/mol. The zero-order valence-electron chi connectivity index (χ0n) is 8.88. The SMILES string of the molecule is CC(C)C(=O)c1cc2c(F)cc(F)cc2o1. The molecule has 0 radical (unpaired) electrons. The lowest BCUT2D eigenvalue weighted by atomic mass is 10.1. The lowest BCUT2D eigenvalue weighted by Crippen LogP contribution is -2.05. The summed E-state index contributed by atoms with van der Waals surface area (Å²) in [5.74, 6) is -1.84. The number of benzene rings is 1. The molecule has 16 heavy (non-hydrogen) atoms. The van der Waals surface area contributed by atoms with Gasteiger partial charge in [0.25, 0.3) is 0 Å². The second-order valence-corrected chi connectivity index (χ2v) is 3.93. The maximum Gasteiger partial charge on any atom is 0.200 e.